The molecule has 0 radical (unpaired) electrons. The van der Waals surface area contributed by atoms with Crippen LogP contribution in [0.2, 0.25) is 0 Å². The fraction of sp³-hybridized carbons (Fsp3) is 0.600. The van der Waals surface area contributed by atoms with Crippen LogP contribution in [0, 0.1) is 21.8 Å². The molecule has 0 spiro atoms. The molecule has 0 amide bonds. The molecule has 0 saturated heterocycles. The number of hydrogen-bond donors (Lipinski definition) is 1. The first-order valence-corrected chi connectivity index (χ1v) is 8.36. The predicted molar refractivity (Wildman–Crippen MR) is 86.1 cm³/mol. The lowest BCUT2D eigenvalue weighted by molar-refractivity contribution is 0.298. The lowest BCUT2D eigenvalue weighted by Gasteiger charge is -2.34. The fourth-order valence-electron chi connectivity index (χ4n) is 3.86. The molecular formula is C15H18BrIO. The van der Waals surface area contributed by atoms with Crippen LogP contribution >= 0.6 is 38.5 Å². The van der Waals surface area contributed by atoms with Crippen molar-refractivity contribution in [1.29, 1.82) is 0 Å². The van der Waals surface area contributed by atoms with Gasteiger partial charge in [-0.1, -0.05) is 29.8 Å². The Balaban J connectivity index is 2.19. The monoisotopic (exact) mass is 420 g/mol. The third-order valence-electron chi connectivity index (χ3n) is 5.68. The molecule has 0 aromatic heterocycles. The maximum Gasteiger partial charge on any atom is 0.133 e. The van der Waals surface area contributed by atoms with Gasteiger partial charge >= 0.3 is 0 Å². The van der Waals surface area contributed by atoms with Crippen LogP contribution in [0.1, 0.15) is 44.2 Å². The minimum absolute atomic E-state index is 0.137. The summed E-state index contributed by atoms with van der Waals surface area (Å²) in [5.41, 5.74) is 2.82. The summed E-state index contributed by atoms with van der Waals surface area (Å²) in [5, 5.41) is 10.6. The normalized spacial score (nSPS) is 37.7. The number of fused-ring (bicyclic) bond motifs is 1. The van der Waals surface area contributed by atoms with Gasteiger partial charge in [-0.05, 0) is 71.7 Å². The third-order valence-corrected chi connectivity index (χ3v) is 7.82. The van der Waals surface area contributed by atoms with Gasteiger partial charge in [-0.15, -0.1) is 0 Å². The van der Waals surface area contributed by atoms with E-state index in [9.17, 15) is 5.11 Å². The molecule has 1 nitrogen and oxygen atoms in total. The molecule has 3 rings (SSSR count). The largest absolute Gasteiger partial charge is 0.507 e. The van der Waals surface area contributed by atoms with Gasteiger partial charge in [0.15, 0.2) is 0 Å². The number of benzene rings is 1. The summed E-state index contributed by atoms with van der Waals surface area (Å²) in [6, 6.07) is 2.15. The average Bonchev–Trinajstić information content (AvgIpc) is 2.94. The maximum atomic E-state index is 10.6. The third kappa shape index (κ3) is 1.49. The summed E-state index contributed by atoms with van der Waals surface area (Å²) in [6.07, 6.45) is 3.84. The number of halogens is 2. The van der Waals surface area contributed by atoms with E-state index in [0.717, 1.165) is 25.1 Å². The summed E-state index contributed by atoms with van der Waals surface area (Å²) in [6.45, 7) is 6.78. The average molecular weight is 421 g/mol. The van der Waals surface area contributed by atoms with E-state index in [0.29, 0.717) is 11.2 Å². The summed E-state index contributed by atoms with van der Waals surface area (Å²) in [7, 11) is 0. The summed E-state index contributed by atoms with van der Waals surface area (Å²) < 4.78 is 2.11. The molecule has 0 aliphatic heterocycles. The van der Waals surface area contributed by atoms with E-state index in [1.165, 1.54) is 19.3 Å². The molecule has 2 aliphatic rings. The highest BCUT2D eigenvalue weighted by molar-refractivity contribution is 14.1. The smallest absolute Gasteiger partial charge is 0.133 e. The Kier molecular flexibility index (Phi) is 2.85. The number of hydrogen-bond acceptors (Lipinski definition) is 1. The second-order valence-corrected chi connectivity index (χ2v) is 8.32. The molecule has 2 aliphatic carbocycles. The van der Waals surface area contributed by atoms with Crippen molar-refractivity contribution < 1.29 is 5.11 Å². The molecule has 0 unspecified atom stereocenters. The number of phenols is 1. The van der Waals surface area contributed by atoms with Crippen molar-refractivity contribution in [3.05, 3.63) is 25.2 Å². The zero-order valence-corrected chi connectivity index (χ0v) is 14.7. The van der Waals surface area contributed by atoms with Crippen molar-refractivity contribution in [2.24, 2.45) is 11.3 Å². The predicted octanol–water partition coefficient (Wildman–Crippen LogP) is 5.15. The molecule has 0 bridgehead atoms. The first kappa shape index (κ1) is 13.2. The molecule has 1 aromatic carbocycles. The maximum absolute atomic E-state index is 10.6. The van der Waals surface area contributed by atoms with E-state index in [1.807, 2.05) is 6.92 Å². The zero-order valence-electron chi connectivity index (χ0n) is 11.0. The molecule has 0 heterocycles. The minimum Gasteiger partial charge on any atom is -0.507 e. The quantitative estimate of drug-likeness (QED) is 0.623. The lowest BCUT2D eigenvalue weighted by atomic mass is 9.70. The Morgan fingerprint density at radius 1 is 1.44 bits per heavy atom. The standard InChI is InChI=1S/C15H18BrIO/c1-8-11(16)6-10(13(18)12(8)17)14(2)5-4-9-7-15(9,14)3/h6,9,18H,4-5,7H2,1-3H3/t9-,14+,15+/m1/s1. The second-order valence-electron chi connectivity index (χ2n) is 6.38. The van der Waals surface area contributed by atoms with Crippen LogP contribution in [0.25, 0.3) is 0 Å². The Bertz CT molecular complexity index is 540. The summed E-state index contributed by atoms with van der Waals surface area (Å²) >= 11 is 5.90. The van der Waals surface area contributed by atoms with Crippen LogP contribution < -0.4 is 0 Å². The Labute approximate surface area is 131 Å². The Morgan fingerprint density at radius 2 is 2.11 bits per heavy atom. The molecule has 2 saturated carbocycles. The zero-order chi connectivity index (χ0) is 13.3. The van der Waals surface area contributed by atoms with Gasteiger partial charge in [0, 0.05) is 15.5 Å². The molecule has 3 atom stereocenters. The summed E-state index contributed by atoms with van der Waals surface area (Å²) in [4.78, 5) is 0. The van der Waals surface area contributed by atoms with Crippen LogP contribution in [0.3, 0.4) is 0 Å². The van der Waals surface area contributed by atoms with Gasteiger partial charge in [0.2, 0.25) is 0 Å². The molecule has 18 heavy (non-hydrogen) atoms. The minimum atomic E-state index is 0.137. The Morgan fingerprint density at radius 3 is 2.61 bits per heavy atom. The van der Waals surface area contributed by atoms with E-state index < -0.39 is 0 Å². The SMILES string of the molecule is Cc1c(Br)cc([C@]2(C)CC[C@@H]3C[C@@]32C)c(O)c1I. The van der Waals surface area contributed by atoms with Crippen LogP contribution in [0.15, 0.2) is 10.5 Å². The summed E-state index contributed by atoms with van der Waals surface area (Å²) in [5.74, 6) is 1.38. The highest BCUT2D eigenvalue weighted by atomic mass is 127. The molecule has 98 valence electrons. The van der Waals surface area contributed by atoms with Gasteiger partial charge in [-0.25, -0.2) is 0 Å². The van der Waals surface area contributed by atoms with Crippen molar-refractivity contribution in [3.63, 3.8) is 0 Å². The van der Waals surface area contributed by atoms with Crippen LogP contribution in [-0.2, 0) is 5.41 Å². The van der Waals surface area contributed by atoms with E-state index in [2.05, 4.69) is 58.4 Å². The molecule has 1 aromatic rings. The van der Waals surface area contributed by atoms with E-state index >= 15 is 0 Å². The highest BCUT2D eigenvalue weighted by Crippen LogP contribution is 2.73. The molecular weight excluding hydrogens is 403 g/mol. The van der Waals surface area contributed by atoms with Gasteiger partial charge in [0.1, 0.15) is 5.75 Å². The van der Waals surface area contributed by atoms with Gasteiger partial charge in [0.25, 0.3) is 0 Å². The van der Waals surface area contributed by atoms with Crippen molar-refractivity contribution >= 4 is 38.5 Å². The van der Waals surface area contributed by atoms with Crippen molar-refractivity contribution in [3.8, 4) is 5.75 Å². The van der Waals surface area contributed by atoms with Crippen molar-refractivity contribution in [1.82, 2.24) is 0 Å². The van der Waals surface area contributed by atoms with Gasteiger partial charge in [-0.2, -0.15) is 0 Å². The van der Waals surface area contributed by atoms with Crippen molar-refractivity contribution in [2.75, 3.05) is 0 Å². The fourth-order valence-corrected chi connectivity index (χ4v) is 5.24. The van der Waals surface area contributed by atoms with Gasteiger partial charge < -0.3 is 5.11 Å². The first-order chi connectivity index (χ1) is 8.31. The van der Waals surface area contributed by atoms with E-state index in [1.54, 1.807) is 0 Å². The van der Waals surface area contributed by atoms with Gasteiger partial charge in [-0.3, -0.25) is 0 Å². The highest BCUT2D eigenvalue weighted by Gasteiger charge is 2.66. The lowest BCUT2D eigenvalue weighted by Crippen LogP contribution is -2.29. The number of aromatic hydroxyl groups is 1. The topological polar surface area (TPSA) is 20.2 Å². The number of rotatable bonds is 1. The van der Waals surface area contributed by atoms with Crippen LogP contribution in [-0.4, -0.2) is 5.11 Å². The van der Waals surface area contributed by atoms with E-state index in [4.69, 9.17) is 0 Å². The van der Waals surface area contributed by atoms with Crippen LogP contribution in [0.4, 0.5) is 0 Å². The second kappa shape index (κ2) is 3.87. The first-order valence-electron chi connectivity index (χ1n) is 6.49. The number of phenolic OH excluding ortho intramolecular Hbond substituents is 1. The molecule has 2 fully saturated rings. The molecule has 1 N–H and O–H groups in total. The van der Waals surface area contributed by atoms with Crippen molar-refractivity contribution in [2.45, 2.75) is 45.4 Å². The Hall–Kier alpha value is 0.230. The van der Waals surface area contributed by atoms with E-state index in [-0.39, 0.29) is 5.41 Å². The van der Waals surface area contributed by atoms with Gasteiger partial charge in [0.05, 0.1) is 3.57 Å². The molecule has 3 heteroatoms. The van der Waals surface area contributed by atoms with Crippen LogP contribution in [0.5, 0.6) is 5.75 Å².